The molecule has 0 radical (unpaired) electrons. The second kappa shape index (κ2) is 8.25. The van der Waals surface area contributed by atoms with E-state index in [0.29, 0.717) is 5.56 Å². The van der Waals surface area contributed by atoms with Crippen LogP contribution in [0.1, 0.15) is 58.4 Å². The van der Waals surface area contributed by atoms with E-state index in [9.17, 15) is 9.59 Å². The maximum absolute atomic E-state index is 10.6. The molecule has 0 bridgehead atoms. The van der Waals surface area contributed by atoms with Gasteiger partial charge in [-0.15, -0.1) is 6.58 Å². The molecule has 0 aromatic heterocycles. The van der Waals surface area contributed by atoms with Gasteiger partial charge < -0.3 is 10.2 Å². The standard InChI is InChI=1S/C9H8O4.C8H14/c1-5-2-3-6(8(10)11)4-7(5)9(12)13;1-2-8-6-4-3-5-7-8/h2-4H,1H3,(H,10,11)(H,12,13);2,8H,1,3-7H2. The third-order valence-electron chi connectivity index (χ3n) is 3.70. The van der Waals surface area contributed by atoms with Crippen LogP contribution in [-0.2, 0) is 0 Å². The second-order valence-electron chi connectivity index (χ2n) is 5.27. The lowest BCUT2D eigenvalue weighted by Crippen LogP contribution is -2.03. The summed E-state index contributed by atoms with van der Waals surface area (Å²) in [5.41, 5.74) is 0.570. The summed E-state index contributed by atoms with van der Waals surface area (Å²) in [6, 6.07) is 4.01. The van der Waals surface area contributed by atoms with E-state index in [-0.39, 0.29) is 11.1 Å². The van der Waals surface area contributed by atoms with Crippen LogP contribution in [-0.4, -0.2) is 22.2 Å². The molecule has 1 aliphatic rings. The Kier molecular flexibility index (Phi) is 6.66. The van der Waals surface area contributed by atoms with Crippen molar-refractivity contribution in [1.29, 1.82) is 0 Å². The van der Waals surface area contributed by atoms with E-state index in [4.69, 9.17) is 10.2 Å². The monoisotopic (exact) mass is 290 g/mol. The minimum absolute atomic E-state index is 0.0111. The van der Waals surface area contributed by atoms with Gasteiger partial charge in [-0.3, -0.25) is 0 Å². The summed E-state index contributed by atoms with van der Waals surface area (Å²) in [4.78, 5) is 21.1. The number of carbonyl (C=O) groups is 2. The molecule has 1 aromatic carbocycles. The van der Waals surface area contributed by atoms with E-state index in [2.05, 4.69) is 12.7 Å². The Labute approximate surface area is 125 Å². The zero-order chi connectivity index (χ0) is 15.8. The number of hydrogen-bond donors (Lipinski definition) is 2. The van der Waals surface area contributed by atoms with Gasteiger partial charge in [0.25, 0.3) is 0 Å². The minimum Gasteiger partial charge on any atom is -0.478 e. The summed E-state index contributed by atoms with van der Waals surface area (Å²) in [5.74, 6) is -1.38. The molecule has 114 valence electrons. The van der Waals surface area contributed by atoms with Crippen molar-refractivity contribution >= 4 is 11.9 Å². The SMILES string of the molecule is C=CC1CCCCC1.Cc1ccc(C(=O)O)cc1C(=O)O. The lowest BCUT2D eigenvalue weighted by atomic mass is 9.90. The molecular formula is C17H22O4. The van der Waals surface area contributed by atoms with Gasteiger partial charge in [-0.2, -0.15) is 0 Å². The van der Waals surface area contributed by atoms with E-state index in [1.165, 1.54) is 44.2 Å². The van der Waals surface area contributed by atoms with E-state index in [1.54, 1.807) is 6.92 Å². The molecule has 1 fully saturated rings. The summed E-state index contributed by atoms with van der Waals surface area (Å²) < 4.78 is 0. The second-order valence-corrected chi connectivity index (χ2v) is 5.27. The van der Waals surface area contributed by atoms with E-state index < -0.39 is 11.9 Å². The van der Waals surface area contributed by atoms with E-state index in [1.807, 2.05) is 0 Å². The maximum atomic E-state index is 10.6. The van der Waals surface area contributed by atoms with Gasteiger partial charge in [-0.05, 0) is 43.4 Å². The van der Waals surface area contributed by atoms with Crippen LogP contribution in [0, 0.1) is 12.8 Å². The van der Waals surface area contributed by atoms with Crippen molar-refractivity contribution < 1.29 is 19.8 Å². The van der Waals surface area contributed by atoms with Crippen molar-refractivity contribution in [3.63, 3.8) is 0 Å². The van der Waals surface area contributed by atoms with Gasteiger partial charge in [0.05, 0.1) is 11.1 Å². The summed E-state index contributed by atoms with van der Waals surface area (Å²) >= 11 is 0. The van der Waals surface area contributed by atoms with Crippen LogP contribution in [0.3, 0.4) is 0 Å². The first-order valence-corrected chi connectivity index (χ1v) is 7.15. The molecule has 1 saturated carbocycles. The van der Waals surface area contributed by atoms with Gasteiger partial charge in [0.2, 0.25) is 0 Å². The molecule has 2 rings (SSSR count). The Morgan fingerprint density at radius 3 is 2.19 bits per heavy atom. The molecule has 0 amide bonds. The van der Waals surface area contributed by atoms with Crippen molar-refractivity contribution in [2.45, 2.75) is 39.0 Å². The normalized spacial score (nSPS) is 14.7. The summed E-state index contributed by atoms with van der Waals surface area (Å²) in [6.07, 6.45) is 9.20. The zero-order valence-electron chi connectivity index (χ0n) is 12.3. The molecule has 0 unspecified atom stereocenters. The largest absolute Gasteiger partial charge is 0.478 e. The van der Waals surface area contributed by atoms with Gasteiger partial charge >= 0.3 is 11.9 Å². The Morgan fingerprint density at radius 2 is 1.76 bits per heavy atom. The van der Waals surface area contributed by atoms with Gasteiger partial charge in [-0.25, -0.2) is 9.59 Å². The molecule has 0 saturated heterocycles. The van der Waals surface area contributed by atoms with Crippen LogP contribution in [0.4, 0.5) is 0 Å². The number of allylic oxidation sites excluding steroid dienone is 1. The first-order chi connectivity index (χ1) is 9.95. The van der Waals surface area contributed by atoms with Crippen molar-refractivity contribution in [2.24, 2.45) is 5.92 Å². The highest BCUT2D eigenvalue weighted by molar-refractivity contribution is 5.94. The highest BCUT2D eigenvalue weighted by Gasteiger charge is 2.10. The van der Waals surface area contributed by atoms with Gasteiger partial charge in [0.15, 0.2) is 0 Å². The molecule has 0 spiro atoms. The predicted molar refractivity (Wildman–Crippen MR) is 81.9 cm³/mol. The molecule has 0 heterocycles. The molecule has 4 nitrogen and oxygen atoms in total. The average molecular weight is 290 g/mol. The lowest BCUT2D eigenvalue weighted by Gasteiger charge is -2.16. The van der Waals surface area contributed by atoms with Crippen LogP contribution in [0.2, 0.25) is 0 Å². The van der Waals surface area contributed by atoms with Gasteiger partial charge in [-0.1, -0.05) is 31.4 Å². The first kappa shape index (κ1) is 17.0. The van der Waals surface area contributed by atoms with Crippen LogP contribution in [0.5, 0.6) is 0 Å². The van der Waals surface area contributed by atoms with Gasteiger partial charge in [0.1, 0.15) is 0 Å². The molecule has 4 heteroatoms. The number of hydrogen-bond acceptors (Lipinski definition) is 2. The zero-order valence-corrected chi connectivity index (χ0v) is 12.3. The number of rotatable bonds is 3. The molecule has 2 N–H and O–H groups in total. The molecule has 0 aliphatic heterocycles. The van der Waals surface area contributed by atoms with Crippen molar-refractivity contribution in [3.8, 4) is 0 Å². The van der Waals surface area contributed by atoms with Crippen LogP contribution in [0.15, 0.2) is 30.9 Å². The van der Waals surface area contributed by atoms with E-state index >= 15 is 0 Å². The fourth-order valence-corrected chi connectivity index (χ4v) is 2.36. The topological polar surface area (TPSA) is 74.6 Å². The summed E-state index contributed by atoms with van der Waals surface area (Å²) in [6.45, 7) is 5.40. The average Bonchev–Trinajstić information content (AvgIpc) is 2.48. The van der Waals surface area contributed by atoms with Crippen LogP contribution < -0.4 is 0 Å². The summed E-state index contributed by atoms with van der Waals surface area (Å²) in [5, 5.41) is 17.3. The molecule has 1 aromatic rings. The maximum Gasteiger partial charge on any atom is 0.335 e. The minimum atomic E-state index is -1.12. The number of aryl methyl sites for hydroxylation is 1. The highest BCUT2D eigenvalue weighted by atomic mass is 16.4. The number of carboxylic acids is 2. The molecular weight excluding hydrogens is 268 g/mol. The Hall–Kier alpha value is -2.10. The Balaban J connectivity index is 0.000000235. The van der Waals surface area contributed by atoms with Crippen LogP contribution in [0.25, 0.3) is 0 Å². The van der Waals surface area contributed by atoms with Gasteiger partial charge in [0, 0.05) is 0 Å². The fourth-order valence-electron chi connectivity index (χ4n) is 2.36. The Morgan fingerprint density at radius 1 is 1.14 bits per heavy atom. The van der Waals surface area contributed by atoms with Crippen molar-refractivity contribution in [2.75, 3.05) is 0 Å². The first-order valence-electron chi connectivity index (χ1n) is 7.15. The third kappa shape index (κ3) is 5.42. The number of aromatic carboxylic acids is 2. The van der Waals surface area contributed by atoms with E-state index in [0.717, 1.165) is 12.0 Å². The smallest absolute Gasteiger partial charge is 0.335 e. The molecule has 1 aliphatic carbocycles. The highest BCUT2D eigenvalue weighted by Crippen LogP contribution is 2.23. The third-order valence-corrected chi connectivity index (χ3v) is 3.70. The molecule has 21 heavy (non-hydrogen) atoms. The fraction of sp³-hybridized carbons (Fsp3) is 0.412. The summed E-state index contributed by atoms with van der Waals surface area (Å²) in [7, 11) is 0. The Bertz CT molecular complexity index is 514. The van der Waals surface area contributed by atoms with Crippen molar-refractivity contribution in [1.82, 2.24) is 0 Å². The number of benzene rings is 1. The molecule has 0 atom stereocenters. The van der Waals surface area contributed by atoms with Crippen LogP contribution >= 0.6 is 0 Å². The number of carboxylic acid groups (broad SMARTS) is 2. The van der Waals surface area contributed by atoms with Crippen molar-refractivity contribution in [3.05, 3.63) is 47.5 Å². The lowest BCUT2D eigenvalue weighted by molar-refractivity contribution is 0.0695. The predicted octanol–water partition coefficient (Wildman–Crippen LogP) is 4.14. The quantitative estimate of drug-likeness (QED) is 0.820.